The fourth-order valence-electron chi connectivity index (χ4n) is 3.94. The fourth-order valence-corrected chi connectivity index (χ4v) is 3.94. The number of nitrogens with zero attached hydrogens (tertiary/aromatic N) is 1. The van der Waals surface area contributed by atoms with Crippen LogP contribution in [-0.4, -0.2) is 54.6 Å². The highest BCUT2D eigenvalue weighted by Crippen LogP contribution is 2.29. The molecule has 5 rings (SSSR count). The second kappa shape index (κ2) is 9.90. The van der Waals surface area contributed by atoms with E-state index in [4.69, 9.17) is 18.9 Å². The van der Waals surface area contributed by atoms with Crippen LogP contribution in [0.15, 0.2) is 79.0 Å². The van der Waals surface area contributed by atoms with Crippen molar-refractivity contribution in [3.63, 3.8) is 0 Å². The van der Waals surface area contributed by atoms with Crippen molar-refractivity contribution in [2.24, 2.45) is 0 Å². The third-order valence-corrected chi connectivity index (χ3v) is 5.56. The third kappa shape index (κ3) is 5.00. The molecule has 0 radical (unpaired) electrons. The molecule has 3 heterocycles. The normalized spacial score (nSPS) is 23.1. The predicted molar refractivity (Wildman–Crippen MR) is 122 cm³/mol. The fraction of sp³-hybridized carbons (Fsp3) is 0.240. The first-order valence-corrected chi connectivity index (χ1v) is 10.9. The van der Waals surface area contributed by atoms with Gasteiger partial charge in [-0.2, -0.15) is 0 Å². The summed E-state index contributed by atoms with van der Waals surface area (Å²) >= 11 is 0. The third-order valence-electron chi connectivity index (χ3n) is 5.56. The maximum Gasteiger partial charge on any atom is 0.412 e. The zero-order chi connectivity index (χ0) is 23.3. The molecule has 2 aliphatic heterocycles. The van der Waals surface area contributed by atoms with E-state index in [1.807, 2.05) is 30.3 Å². The van der Waals surface area contributed by atoms with Crippen LogP contribution < -0.4 is 15.4 Å². The average molecular weight is 461 g/mol. The maximum absolute atomic E-state index is 12.4. The van der Waals surface area contributed by atoms with E-state index in [2.05, 4.69) is 15.6 Å². The lowest BCUT2D eigenvalue weighted by Crippen LogP contribution is -2.44. The van der Waals surface area contributed by atoms with E-state index in [0.29, 0.717) is 17.1 Å². The minimum atomic E-state index is -0.615. The van der Waals surface area contributed by atoms with Gasteiger partial charge in [0.25, 0.3) is 5.91 Å². The highest BCUT2D eigenvalue weighted by atomic mass is 16.6. The lowest BCUT2D eigenvalue weighted by molar-refractivity contribution is 0.00861. The number of rotatable bonds is 6. The van der Waals surface area contributed by atoms with Crippen LogP contribution >= 0.6 is 0 Å². The van der Waals surface area contributed by atoms with Gasteiger partial charge in [0.05, 0.1) is 19.3 Å². The van der Waals surface area contributed by atoms with Gasteiger partial charge >= 0.3 is 6.09 Å². The summed E-state index contributed by atoms with van der Waals surface area (Å²) in [5.74, 6) is 1.07. The summed E-state index contributed by atoms with van der Waals surface area (Å²) in [6.45, 7) is 0.445. The molecule has 2 fully saturated rings. The number of amides is 2. The summed E-state index contributed by atoms with van der Waals surface area (Å²) in [7, 11) is 0. The molecule has 9 heteroatoms. The monoisotopic (exact) mass is 461 g/mol. The summed E-state index contributed by atoms with van der Waals surface area (Å²) in [6, 6.07) is 21.1. The Morgan fingerprint density at radius 3 is 2.35 bits per heavy atom. The number of pyridine rings is 1. The largest absolute Gasteiger partial charge is 0.457 e. The van der Waals surface area contributed by atoms with Crippen molar-refractivity contribution in [3.8, 4) is 11.5 Å². The second-order valence-electron chi connectivity index (χ2n) is 7.90. The Labute approximate surface area is 196 Å². The number of carbonyl (C=O) groups is 2. The molecule has 2 aromatic carbocycles. The van der Waals surface area contributed by atoms with Crippen LogP contribution in [0.4, 0.5) is 10.5 Å². The number of aromatic nitrogens is 1. The molecule has 0 aliphatic carbocycles. The van der Waals surface area contributed by atoms with Crippen LogP contribution in [0.3, 0.4) is 0 Å². The van der Waals surface area contributed by atoms with E-state index >= 15 is 0 Å². The van der Waals surface area contributed by atoms with Crippen LogP contribution in [0, 0.1) is 0 Å². The number of ether oxygens (including phenoxy) is 4. The number of benzene rings is 2. The summed E-state index contributed by atoms with van der Waals surface area (Å²) in [6.07, 6.45) is -0.499. The maximum atomic E-state index is 12.4. The molecular weight excluding hydrogens is 438 g/mol. The predicted octanol–water partition coefficient (Wildman–Crippen LogP) is 3.39. The van der Waals surface area contributed by atoms with Crippen LogP contribution in [0.1, 0.15) is 10.5 Å². The van der Waals surface area contributed by atoms with Crippen LogP contribution in [0.2, 0.25) is 0 Å². The van der Waals surface area contributed by atoms with Crippen molar-refractivity contribution in [2.75, 3.05) is 18.5 Å². The average Bonchev–Trinajstić information content (AvgIpc) is 3.45. The number of carbonyl (C=O) groups excluding carboxylic acids is 2. The lowest BCUT2D eigenvalue weighted by atomic mass is 10.1. The first kappa shape index (κ1) is 21.9. The quantitative estimate of drug-likeness (QED) is 0.579. The van der Waals surface area contributed by atoms with Gasteiger partial charge < -0.3 is 24.3 Å². The van der Waals surface area contributed by atoms with E-state index in [1.165, 1.54) is 0 Å². The molecule has 174 valence electrons. The van der Waals surface area contributed by atoms with E-state index < -0.39 is 24.4 Å². The summed E-state index contributed by atoms with van der Waals surface area (Å²) < 4.78 is 22.8. The zero-order valence-corrected chi connectivity index (χ0v) is 18.1. The van der Waals surface area contributed by atoms with Crippen LogP contribution in [0.25, 0.3) is 0 Å². The minimum Gasteiger partial charge on any atom is -0.457 e. The van der Waals surface area contributed by atoms with Crippen molar-refractivity contribution in [3.05, 3.63) is 84.7 Å². The van der Waals surface area contributed by atoms with Crippen molar-refractivity contribution in [1.29, 1.82) is 0 Å². The molecule has 2 saturated heterocycles. The van der Waals surface area contributed by atoms with E-state index in [9.17, 15) is 9.59 Å². The molecule has 1 aromatic heterocycles. The smallest absolute Gasteiger partial charge is 0.412 e. The van der Waals surface area contributed by atoms with Crippen molar-refractivity contribution in [2.45, 2.75) is 24.4 Å². The van der Waals surface area contributed by atoms with Crippen molar-refractivity contribution in [1.82, 2.24) is 10.3 Å². The zero-order valence-electron chi connectivity index (χ0n) is 18.1. The van der Waals surface area contributed by atoms with Gasteiger partial charge in [-0.05, 0) is 48.5 Å². The Morgan fingerprint density at radius 2 is 1.59 bits per heavy atom. The Bertz CT molecular complexity index is 1130. The molecule has 0 bridgehead atoms. The number of fused-ring (bicyclic) bond motifs is 1. The Balaban J connectivity index is 1.12. The van der Waals surface area contributed by atoms with Gasteiger partial charge in [0.15, 0.2) is 6.10 Å². The number of anilines is 1. The Morgan fingerprint density at radius 1 is 0.853 bits per heavy atom. The number of hydrogen-bond acceptors (Lipinski definition) is 7. The first-order chi connectivity index (χ1) is 16.7. The van der Waals surface area contributed by atoms with Gasteiger partial charge in [0, 0.05) is 11.9 Å². The van der Waals surface area contributed by atoms with Gasteiger partial charge in [-0.1, -0.05) is 24.3 Å². The highest BCUT2D eigenvalue weighted by molar-refractivity contribution is 5.92. The molecule has 4 unspecified atom stereocenters. The van der Waals surface area contributed by atoms with E-state index in [-0.39, 0.29) is 25.2 Å². The first-order valence-electron chi connectivity index (χ1n) is 10.9. The molecule has 3 aromatic rings. The van der Waals surface area contributed by atoms with Crippen LogP contribution in [0.5, 0.6) is 11.5 Å². The SMILES string of the molecule is O=C(Nc1ccc(Oc2ccccc2)cc1)OC1COC2C(NC(=O)c3ccccn3)COC12. The van der Waals surface area contributed by atoms with E-state index in [1.54, 1.807) is 48.7 Å². The summed E-state index contributed by atoms with van der Waals surface area (Å²) in [4.78, 5) is 28.9. The molecule has 9 nitrogen and oxygen atoms in total. The van der Waals surface area contributed by atoms with Crippen molar-refractivity contribution >= 4 is 17.7 Å². The van der Waals surface area contributed by atoms with Crippen molar-refractivity contribution < 1.29 is 28.5 Å². The number of nitrogens with one attached hydrogen (secondary N) is 2. The summed E-state index contributed by atoms with van der Waals surface area (Å²) in [5.41, 5.74) is 0.880. The standard InChI is InChI=1S/C25H23N3O6/c29-24(19-8-4-5-13-26-19)28-20-14-31-23-21(15-32-22(20)23)34-25(30)27-16-9-11-18(12-10-16)33-17-6-2-1-3-7-17/h1-13,20-23H,14-15H2,(H,27,30)(H,28,29). The van der Waals surface area contributed by atoms with Gasteiger partial charge in [0.2, 0.25) is 0 Å². The molecule has 0 saturated carbocycles. The van der Waals surface area contributed by atoms with Gasteiger partial charge in [0.1, 0.15) is 29.4 Å². The molecule has 2 aliphatic rings. The topological polar surface area (TPSA) is 108 Å². The molecule has 0 spiro atoms. The molecule has 2 N–H and O–H groups in total. The molecular formula is C25H23N3O6. The Hall–Kier alpha value is -3.95. The van der Waals surface area contributed by atoms with Crippen LogP contribution in [-0.2, 0) is 14.2 Å². The van der Waals surface area contributed by atoms with Gasteiger partial charge in [-0.15, -0.1) is 0 Å². The Kier molecular flexibility index (Phi) is 6.37. The molecule has 4 atom stereocenters. The lowest BCUT2D eigenvalue weighted by Gasteiger charge is -2.18. The molecule has 2 amide bonds. The van der Waals surface area contributed by atoms with Gasteiger partial charge in [-0.25, -0.2) is 4.79 Å². The molecule has 34 heavy (non-hydrogen) atoms. The van der Waals surface area contributed by atoms with Gasteiger partial charge in [-0.3, -0.25) is 15.1 Å². The minimum absolute atomic E-state index is 0.183. The highest BCUT2D eigenvalue weighted by Gasteiger charge is 2.50. The summed E-state index contributed by atoms with van der Waals surface area (Å²) in [5, 5.41) is 5.58. The van der Waals surface area contributed by atoms with E-state index in [0.717, 1.165) is 5.75 Å². The second-order valence-corrected chi connectivity index (χ2v) is 7.90. The number of hydrogen-bond donors (Lipinski definition) is 2. The number of para-hydroxylation sites is 1.